The molecule has 1 saturated heterocycles. The van der Waals surface area contributed by atoms with Crippen LogP contribution in [-0.4, -0.2) is 24.4 Å². The van der Waals surface area contributed by atoms with Crippen LogP contribution in [0.1, 0.15) is 12.8 Å². The SMILES string of the molecule is NC(=O)CP1CCCC1. The van der Waals surface area contributed by atoms with Gasteiger partial charge in [-0.2, -0.15) is 0 Å². The summed E-state index contributed by atoms with van der Waals surface area (Å²) in [6.45, 7) is 0. The minimum Gasteiger partial charge on any atom is -0.369 e. The molecule has 0 aliphatic carbocycles. The summed E-state index contributed by atoms with van der Waals surface area (Å²) in [5.74, 6) is -0.108. The quantitative estimate of drug-likeness (QED) is 0.572. The third kappa shape index (κ3) is 2.31. The Morgan fingerprint density at radius 1 is 1.44 bits per heavy atom. The molecule has 52 valence electrons. The highest BCUT2D eigenvalue weighted by atomic mass is 31.1. The van der Waals surface area contributed by atoms with Crippen LogP contribution in [0.25, 0.3) is 0 Å². The summed E-state index contributed by atoms with van der Waals surface area (Å²) >= 11 is 0. The van der Waals surface area contributed by atoms with Crippen molar-refractivity contribution in [3.05, 3.63) is 0 Å². The molecular weight excluding hydrogens is 133 g/mol. The Labute approximate surface area is 56.6 Å². The van der Waals surface area contributed by atoms with E-state index in [-0.39, 0.29) is 13.8 Å². The first kappa shape index (κ1) is 7.01. The molecule has 2 N–H and O–H groups in total. The Morgan fingerprint density at radius 3 is 2.44 bits per heavy atom. The topological polar surface area (TPSA) is 43.1 Å². The fourth-order valence-electron chi connectivity index (χ4n) is 1.16. The predicted octanol–water partition coefficient (Wildman–Crippen LogP) is 0.747. The molecule has 0 aromatic rings. The summed E-state index contributed by atoms with van der Waals surface area (Å²) in [5.41, 5.74) is 5.05. The zero-order chi connectivity index (χ0) is 6.69. The van der Waals surface area contributed by atoms with Crippen molar-refractivity contribution in [3.8, 4) is 0 Å². The average molecular weight is 145 g/mol. The molecule has 1 fully saturated rings. The molecule has 1 heterocycles. The van der Waals surface area contributed by atoms with E-state index < -0.39 is 0 Å². The molecule has 1 aliphatic rings. The Balaban J connectivity index is 2.19. The smallest absolute Gasteiger partial charge is 0.221 e. The molecule has 3 heteroatoms. The summed E-state index contributed by atoms with van der Waals surface area (Å²) in [7, 11) is 0.0409. The van der Waals surface area contributed by atoms with Gasteiger partial charge in [0.15, 0.2) is 0 Å². The van der Waals surface area contributed by atoms with Crippen LogP contribution in [0.2, 0.25) is 0 Å². The summed E-state index contributed by atoms with van der Waals surface area (Å²) in [6, 6.07) is 0. The van der Waals surface area contributed by atoms with Crippen LogP contribution >= 0.6 is 7.92 Å². The van der Waals surface area contributed by atoms with E-state index >= 15 is 0 Å². The highest BCUT2D eigenvalue weighted by Crippen LogP contribution is 2.42. The van der Waals surface area contributed by atoms with Crippen LogP contribution in [0.4, 0.5) is 0 Å². The standard InChI is InChI=1S/C6H12NOP/c7-6(8)5-9-3-1-2-4-9/h1-5H2,(H2,7,8). The monoisotopic (exact) mass is 145 g/mol. The number of primary amides is 1. The summed E-state index contributed by atoms with van der Waals surface area (Å²) in [6.07, 6.45) is 5.86. The van der Waals surface area contributed by atoms with Crippen LogP contribution < -0.4 is 5.73 Å². The van der Waals surface area contributed by atoms with Gasteiger partial charge in [0.1, 0.15) is 0 Å². The van der Waals surface area contributed by atoms with E-state index in [1.807, 2.05) is 0 Å². The van der Waals surface area contributed by atoms with E-state index in [9.17, 15) is 4.79 Å². The summed E-state index contributed by atoms with van der Waals surface area (Å²) in [5, 5.41) is 0. The number of amides is 1. The van der Waals surface area contributed by atoms with Crippen molar-refractivity contribution in [2.45, 2.75) is 12.8 Å². The number of carbonyl (C=O) groups is 1. The van der Waals surface area contributed by atoms with Gasteiger partial charge in [0.25, 0.3) is 0 Å². The molecule has 0 aromatic heterocycles. The van der Waals surface area contributed by atoms with Gasteiger partial charge in [0, 0.05) is 6.16 Å². The fraction of sp³-hybridized carbons (Fsp3) is 0.833. The van der Waals surface area contributed by atoms with Crippen molar-refractivity contribution in [1.82, 2.24) is 0 Å². The molecular formula is C6H12NOP. The second-order valence-corrected chi connectivity index (χ2v) is 5.00. The third-order valence-corrected chi connectivity index (χ3v) is 4.23. The maximum atomic E-state index is 10.4. The van der Waals surface area contributed by atoms with Crippen molar-refractivity contribution in [2.24, 2.45) is 5.73 Å². The van der Waals surface area contributed by atoms with Crippen LogP contribution in [0.15, 0.2) is 0 Å². The number of hydrogen-bond acceptors (Lipinski definition) is 1. The van der Waals surface area contributed by atoms with Crippen LogP contribution in [0.3, 0.4) is 0 Å². The lowest BCUT2D eigenvalue weighted by Crippen LogP contribution is -2.14. The van der Waals surface area contributed by atoms with E-state index in [1.54, 1.807) is 0 Å². The number of nitrogens with two attached hydrogens (primary N) is 1. The van der Waals surface area contributed by atoms with E-state index in [0.29, 0.717) is 6.16 Å². The van der Waals surface area contributed by atoms with Crippen molar-refractivity contribution >= 4 is 13.8 Å². The molecule has 0 bridgehead atoms. The van der Waals surface area contributed by atoms with Crippen molar-refractivity contribution < 1.29 is 4.79 Å². The molecule has 0 aromatic carbocycles. The van der Waals surface area contributed by atoms with Gasteiger partial charge in [-0.15, -0.1) is 0 Å². The highest BCUT2D eigenvalue weighted by molar-refractivity contribution is 7.58. The molecule has 9 heavy (non-hydrogen) atoms. The predicted molar refractivity (Wildman–Crippen MR) is 39.9 cm³/mol. The lowest BCUT2D eigenvalue weighted by Gasteiger charge is -2.03. The molecule has 1 amide bonds. The van der Waals surface area contributed by atoms with Gasteiger partial charge in [0.2, 0.25) is 5.91 Å². The number of hydrogen-bond donors (Lipinski definition) is 1. The van der Waals surface area contributed by atoms with Gasteiger partial charge >= 0.3 is 0 Å². The van der Waals surface area contributed by atoms with Crippen molar-refractivity contribution in [1.29, 1.82) is 0 Å². The Hall–Kier alpha value is -0.100. The second kappa shape index (κ2) is 3.17. The molecule has 0 atom stereocenters. The molecule has 1 aliphatic heterocycles. The molecule has 0 spiro atoms. The summed E-state index contributed by atoms with van der Waals surface area (Å²) in [4.78, 5) is 10.4. The van der Waals surface area contributed by atoms with Crippen LogP contribution in [0, 0.1) is 0 Å². The lowest BCUT2D eigenvalue weighted by atomic mass is 10.4. The summed E-state index contributed by atoms with van der Waals surface area (Å²) < 4.78 is 0. The first-order chi connectivity index (χ1) is 4.29. The maximum Gasteiger partial charge on any atom is 0.221 e. The zero-order valence-corrected chi connectivity index (χ0v) is 6.36. The van der Waals surface area contributed by atoms with Crippen LogP contribution in [0.5, 0.6) is 0 Å². The second-order valence-electron chi connectivity index (χ2n) is 2.45. The van der Waals surface area contributed by atoms with E-state index in [0.717, 1.165) is 0 Å². The van der Waals surface area contributed by atoms with Crippen LogP contribution in [-0.2, 0) is 4.79 Å². The number of rotatable bonds is 2. The average Bonchev–Trinajstić information content (AvgIpc) is 2.15. The first-order valence-electron chi connectivity index (χ1n) is 3.30. The highest BCUT2D eigenvalue weighted by Gasteiger charge is 2.15. The van der Waals surface area contributed by atoms with Gasteiger partial charge in [-0.05, 0) is 25.2 Å². The van der Waals surface area contributed by atoms with Gasteiger partial charge < -0.3 is 5.73 Å². The molecule has 0 unspecified atom stereocenters. The molecule has 1 rings (SSSR count). The largest absolute Gasteiger partial charge is 0.369 e. The van der Waals surface area contributed by atoms with Gasteiger partial charge in [0.05, 0.1) is 0 Å². The van der Waals surface area contributed by atoms with Gasteiger partial charge in [-0.3, -0.25) is 4.79 Å². The van der Waals surface area contributed by atoms with Crippen molar-refractivity contribution in [3.63, 3.8) is 0 Å². The Bertz CT molecular complexity index is 110. The van der Waals surface area contributed by atoms with Crippen molar-refractivity contribution in [2.75, 3.05) is 18.5 Å². The Morgan fingerprint density at radius 2 is 2.00 bits per heavy atom. The van der Waals surface area contributed by atoms with E-state index in [2.05, 4.69) is 0 Å². The minimum absolute atomic E-state index is 0.0409. The third-order valence-electron chi connectivity index (χ3n) is 1.58. The molecule has 0 saturated carbocycles. The molecule has 0 radical (unpaired) electrons. The maximum absolute atomic E-state index is 10.4. The van der Waals surface area contributed by atoms with Gasteiger partial charge in [-0.1, -0.05) is 7.92 Å². The Kier molecular flexibility index (Phi) is 2.47. The first-order valence-corrected chi connectivity index (χ1v) is 5.19. The minimum atomic E-state index is -0.108. The van der Waals surface area contributed by atoms with E-state index in [1.165, 1.54) is 25.2 Å². The zero-order valence-electron chi connectivity index (χ0n) is 5.47. The number of carbonyl (C=O) groups excluding carboxylic acids is 1. The molecule has 2 nitrogen and oxygen atoms in total. The lowest BCUT2D eigenvalue weighted by molar-refractivity contribution is -0.115. The fourth-order valence-corrected chi connectivity index (χ4v) is 3.48. The van der Waals surface area contributed by atoms with E-state index in [4.69, 9.17) is 5.73 Å². The van der Waals surface area contributed by atoms with Gasteiger partial charge in [-0.25, -0.2) is 0 Å². The normalized spacial score (nSPS) is 20.4.